The minimum atomic E-state index is -2.87. The van der Waals surface area contributed by atoms with Gasteiger partial charge in [-0.1, -0.05) is 0 Å². The standard InChI is InChI=1S/C23H25F2N3O3/c1-13-8-16(4-5-20(13)31-23(24)25)22-27-21(17-9-14(2)26-18(10-17)12-29)19-6-7-30-15(3)11-28(19)22/h4-5,8-10,15,23,29H,6-7,11-12H2,1-3H3/t15-/m1/s1. The molecule has 0 spiro atoms. The first kappa shape index (κ1) is 21.4. The van der Waals surface area contributed by atoms with Gasteiger partial charge in [0.05, 0.1) is 37.3 Å². The Morgan fingerprint density at radius 1 is 1.19 bits per heavy atom. The number of fused-ring (bicyclic) bond motifs is 1. The second kappa shape index (κ2) is 8.72. The van der Waals surface area contributed by atoms with Crippen LogP contribution < -0.4 is 4.74 Å². The van der Waals surface area contributed by atoms with Crippen molar-refractivity contribution < 1.29 is 23.4 Å². The van der Waals surface area contributed by atoms with Crippen molar-refractivity contribution in [2.45, 2.75) is 53.1 Å². The number of imidazole rings is 1. The van der Waals surface area contributed by atoms with E-state index in [0.717, 1.165) is 34.0 Å². The van der Waals surface area contributed by atoms with Gasteiger partial charge in [0.25, 0.3) is 0 Å². The zero-order valence-corrected chi connectivity index (χ0v) is 17.7. The summed E-state index contributed by atoms with van der Waals surface area (Å²) in [5, 5.41) is 9.58. The first-order valence-corrected chi connectivity index (χ1v) is 10.2. The monoisotopic (exact) mass is 429 g/mol. The number of benzene rings is 1. The highest BCUT2D eigenvalue weighted by Crippen LogP contribution is 2.34. The van der Waals surface area contributed by atoms with E-state index in [1.807, 2.05) is 32.0 Å². The maximum atomic E-state index is 12.6. The van der Waals surface area contributed by atoms with Gasteiger partial charge in [-0.2, -0.15) is 8.78 Å². The molecule has 2 aromatic heterocycles. The molecule has 1 aliphatic heterocycles. The van der Waals surface area contributed by atoms with Gasteiger partial charge in [-0.15, -0.1) is 0 Å². The van der Waals surface area contributed by atoms with Crippen molar-refractivity contribution in [3.63, 3.8) is 0 Å². The summed E-state index contributed by atoms with van der Waals surface area (Å²) in [5.41, 5.74) is 5.55. The highest BCUT2D eigenvalue weighted by atomic mass is 19.3. The molecular formula is C23H25F2N3O3. The smallest absolute Gasteiger partial charge is 0.387 e. The molecule has 8 heteroatoms. The molecule has 1 N–H and O–H groups in total. The molecule has 1 aliphatic rings. The molecule has 0 bridgehead atoms. The second-order valence-electron chi connectivity index (χ2n) is 7.78. The fourth-order valence-corrected chi connectivity index (χ4v) is 4.03. The van der Waals surface area contributed by atoms with Crippen molar-refractivity contribution in [1.82, 2.24) is 14.5 Å². The molecule has 0 amide bonds. The van der Waals surface area contributed by atoms with E-state index in [4.69, 9.17) is 9.72 Å². The Balaban J connectivity index is 1.86. The summed E-state index contributed by atoms with van der Waals surface area (Å²) in [6.07, 6.45) is 0.699. The number of rotatable bonds is 5. The van der Waals surface area contributed by atoms with Crippen LogP contribution in [0.15, 0.2) is 30.3 Å². The molecule has 0 saturated heterocycles. The summed E-state index contributed by atoms with van der Waals surface area (Å²) in [6.45, 7) is 3.83. The largest absolute Gasteiger partial charge is 0.435 e. The molecular weight excluding hydrogens is 404 g/mol. The Kier molecular flexibility index (Phi) is 6.02. The minimum absolute atomic E-state index is 0.0109. The van der Waals surface area contributed by atoms with Crippen LogP contribution in [-0.2, 0) is 24.3 Å². The van der Waals surface area contributed by atoms with E-state index in [9.17, 15) is 13.9 Å². The van der Waals surface area contributed by atoms with Gasteiger partial charge in [-0.05, 0) is 56.7 Å². The summed E-state index contributed by atoms with van der Waals surface area (Å²) >= 11 is 0. The maximum absolute atomic E-state index is 12.6. The van der Waals surface area contributed by atoms with E-state index >= 15 is 0 Å². The first-order valence-electron chi connectivity index (χ1n) is 10.2. The Morgan fingerprint density at radius 2 is 2.00 bits per heavy atom. The van der Waals surface area contributed by atoms with Gasteiger partial charge >= 0.3 is 6.61 Å². The molecule has 3 aromatic rings. The number of hydrogen-bond acceptors (Lipinski definition) is 5. The molecule has 0 radical (unpaired) electrons. The van der Waals surface area contributed by atoms with Gasteiger partial charge < -0.3 is 19.1 Å². The number of alkyl halides is 2. The molecule has 164 valence electrons. The van der Waals surface area contributed by atoms with E-state index in [1.165, 1.54) is 0 Å². The fraction of sp³-hybridized carbons (Fsp3) is 0.391. The third kappa shape index (κ3) is 4.45. The van der Waals surface area contributed by atoms with Crippen molar-refractivity contribution in [2.24, 2.45) is 0 Å². The molecule has 4 rings (SSSR count). The highest BCUT2D eigenvalue weighted by molar-refractivity contribution is 5.70. The van der Waals surface area contributed by atoms with Crippen molar-refractivity contribution in [3.05, 3.63) is 53.0 Å². The van der Waals surface area contributed by atoms with E-state index in [1.54, 1.807) is 19.1 Å². The van der Waals surface area contributed by atoms with Crippen LogP contribution >= 0.6 is 0 Å². The quantitative estimate of drug-likeness (QED) is 0.656. The van der Waals surface area contributed by atoms with E-state index in [2.05, 4.69) is 14.3 Å². The van der Waals surface area contributed by atoms with Crippen LogP contribution in [-0.4, -0.2) is 39.0 Å². The van der Waals surface area contributed by atoms with Crippen LogP contribution in [0.4, 0.5) is 8.78 Å². The molecule has 1 atom stereocenters. The van der Waals surface area contributed by atoms with Gasteiger partial charge in [0.1, 0.15) is 11.6 Å². The number of aromatic nitrogens is 3. The fourth-order valence-electron chi connectivity index (χ4n) is 4.03. The molecule has 6 nitrogen and oxygen atoms in total. The third-order valence-corrected chi connectivity index (χ3v) is 5.34. The molecule has 0 aliphatic carbocycles. The minimum Gasteiger partial charge on any atom is -0.435 e. The number of hydrogen-bond donors (Lipinski definition) is 1. The van der Waals surface area contributed by atoms with Crippen LogP contribution in [0, 0.1) is 13.8 Å². The summed E-state index contributed by atoms with van der Waals surface area (Å²) in [6, 6.07) is 8.91. The van der Waals surface area contributed by atoms with E-state index in [-0.39, 0.29) is 18.5 Å². The summed E-state index contributed by atoms with van der Waals surface area (Å²) in [4.78, 5) is 9.31. The number of aliphatic hydroxyl groups is 1. The van der Waals surface area contributed by atoms with Gasteiger partial charge in [-0.25, -0.2) is 4.98 Å². The molecule has 0 saturated carbocycles. The number of aliphatic hydroxyl groups excluding tert-OH is 1. The van der Waals surface area contributed by atoms with Crippen molar-refractivity contribution in [1.29, 1.82) is 0 Å². The average Bonchev–Trinajstić information content (AvgIpc) is 2.95. The predicted octanol–water partition coefficient (Wildman–Crippen LogP) is 4.28. The van der Waals surface area contributed by atoms with E-state index < -0.39 is 6.61 Å². The van der Waals surface area contributed by atoms with Crippen molar-refractivity contribution in [3.8, 4) is 28.4 Å². The van der Waals surface area contributed by atoms with Crippen LogP contribution in [0.25, 0.3) is 22.6 Å². The molecule has 3 heterocycles. The molecule has 0 fully saturated rings. The van der Waals surface area contributed by atoms with Crippen LogP contribution in [0.3, 0.4) is 0 Å². The Labute approximate surface area is 179 Å². The zero-order chi connectivity index (χ0) is 22.1. The molecule has 0 unspecified atom stereocenters. The van der Waals surface area contributed by atoms with E-state index in [0.29, 0.717) is 30.8 Å². The summed E-state index contributed by atoms with van der Waals surface area (Å²) in [7, 11) is 0. The van der Waals surface area contributed by atoms with Gasteiger partial charge in [-0.3, -0.25) is 4.98 Å². The van der Waals surface area contributed by atoms with Gasteiger partial charge in [0.15, 0.2) is 0 Å². The lowest BCUT2D eigenvalue weighted by molar-refractivity contribution is -0.0502. The highest BCUT2D eigenvalue weighted by Gasteiger charge is 2.24. The summed E-state index contributed by atoms with van der Waals surface area (Å²) in [5.74, 6) is 0.893. The van der Waals surface area contributed by atoms with Crippen molar-refractivity contribution >= 4 is 0 Å². The normalized spacial score (nSPS) is 16.3. The number of nitrogens with zero attached hydrogens (tertiary/aromatic N) is 3. The molecule has 31 heavy (non-hydrogen) atoms. The second-order valence-corrected chi connectivity index (χ2v) is 7.78. The number of halogens is 2. The number of ether oxygens (including phenoxy) is 2. The number of pyridine rings is 1. The van der Waals surface area contributed by atoms with Gasteiger partial charge in [0, 0.05) is 28.9 Å². The zero-order valence-electron chi connectivity index (χ0n) is 17.7. The Bertz CT molecular complexity index is 1100. The topological polar surface area (TPSA) is 69.4 Å². The lowest BCUT2D eigenvalue weighted by Gasteiger charge is -2.14. The average molecular weight is 429 g/mol. The Morgan fingerprint density at radius 3 is 2.71 bits per heavy atom. The van der Waals surface area contributed by atoms with Crippen LogP contribution in [0.5, 0.6) is 5.75 Å². The summed E-state index contributed by atoms with van der Waals surface area (Å²) < 4.78 is 37.9. The number of aryl methyl sites for hydroxylation is 2. The Hall–Kier alpha value is -2.84. The third-order valence-electron chi connectivity index (χ3n) is 5.34. The first-order chi connectivity index (χ1) is 14.9. The SMILES string of the molecule is Cc1cc(-c2nc(-c3ccc(OC(F)F)c(C)c3)n3c2CCO[C@H](C)C3)cc(CO)n1. The van der Waals surface area contributed by atoms with Gasteiger partial charge in [0.2, 0.25) is 0 Å². The van der Waals surface area contributed by atoms with Crippen LogP contribution in [0.1, 0.15) is 29.6 Å². The lowest BCUT2D eigenvalue weighted by atomic mass is 10.1. The lowest BCUT2D eigenvalue weighted by Crippen LogP contribution is -2.15. The predicted molar refractivity (Wildman–Crippen MR) is 112 cm³/mol. The molecule has 1 aromatic carbocycles. The van der Waals surface area contributed by atoms with Crippen molar-refractivity contribution in [2.75, 3.05) is 6.61 Å². The van der Waals surface area contributed by atoms with Crippen LogP contribution in [0.2, 0.25) is 0 Å². The maximum Gasteiger partial charge on any atom is 0.387 e.